The minimum Gasteiger partial charge on any atom is -0.360 e. The summed E-state index contributed by atoms with van der Waals surface area (Å²) in [5.41, 5.74) is 2.70. The van der Waals surface area contributed by atoms with E-state index in [1.165, 1.54) is 0 Å². The number of nitrogens with one attached hydrogen (secondary N) is 1. The van der Waals surface area contributed by atoms with Crippen molar-refractivity contribution in [3.05, 3.63) is 59.6 Å². The Morgan fingerprint density at radius 3 is 3.04 bits per heavy atom. The van der Waals surface area contributed by atoms with Crippen molar-refractivity contribution in [2.24, 2.45) is 0 Å². The van der Waals surface area contributed by atoms with Gasteiger partial charge in [0.1, 0.15) is 5.76 Å². The van der Waals surface area contributed by atoms with Gasteiger partial charge in [-0.05, 0) is 18.9 Å². The van der Waals surface area contributed by atoms with E-state index in [4.69, 9.17) is 4.52 Å². The Bertz CT molecular complexity index is 1050. The summed E-state index contributed by atoms with van der Waals surface area (Å²) in [4.78, 5) is 18.1. The minimum absolute atomic E-state index is 0.274. The molecule has 1 aliphatic carbocycles. The van der Waals surface area contributed by atoms with Crippen LogP contribution in [0.25, 0.3) is 16.2 Å². The molecular weight excluding hydrogens is 336 g/mol. The average molecular weight is 350 g/mol. The number of nitrogens with zero attached hydrogens (tertiary/aromatic N) is 3. The van der Waals surface area contributed by atoms with Gasteiger partial charge in [-0.3, -0.25) is 9.20 Å². The van der Waals surface area contributed by atoms with Crippen LogP contribution in [0.4, 0.5) is 5.69 Å². The Hall–Kier alpha value is -2.93. The second kappa shape index (κ2) is 5.56. The first-order chi connectivity index (χ1) is 12.3. The average Bonchev–Trinajstić information content (AvgIpc) is 3.03. The summed E-state index contributed by atoms with van der Waals surface area (Å²) in [6, 6.07) is 9.36. The van der Waals surface area contributed by atoms with Crippen molar-refractivity contribution < 1.29 is 9.32 Å². The maximum Gasteiger partial charge on any atom is 0.277 e. The van der Waals surface area contributed by atoms with Crippen molar-refractivity contribution >= 4 is 27.9 Å². The molecule has 1 fully saturated rings. The summed E-state index contributed by atoms with van der Waals surface area (Å²) in [6.07, 6.45) is 6.14. The molecule has 0 bridgehead atoms. The molecule has 0 radical (unpaired) electrons. The summed E-state index contributed by atoms with van der Waals surface area (Å²) >= 11 is 1.57. The molecule has 0 unspecified atom stereocenters. The SMILES string of the molecule is O=C(Nc1ccccc1-c1cn2ccsc2n1)c1cc(C2CC2)on1. The number of fused-ring (bicyclic) bond motifs is 1. The number of imidazole rings is 1. The molecule has 1 saturated carbocycles. The Balaban J connectivity index is 1.45. The second-order valence-electron chi connectivity index (χ2n) is 6.11. The largest absolute Gasteiger partial charge is 0.360 e. The Kier molecular flexibility index (Phi) is 3.21. The smallest absolute Gasteiger partial charge is 0.277 e. The highest BCUT2D eigenvalue weighted by Gasteiger charge is 2.29. The van der Waals surface area contributed by atoms with E-state index >= 15 is 0 Å². The van der Waals surface area contributed by atoms with Crippen molar-refractivity contribution in [1.29, 1.82) is 0 Å². The molecule has 0 atom stereocenters. The summed E-state index contributed by atoms with van der Waals surface area (Å²) in [5, 5.41) is 8.81. The van der Waals surface area contributed by atoms with E-state index < -0.39 is 0 Å². The van der Waals surface area contributed by atoms with Crippen LogP contribution in [0.2, 0.25) is 0 Å². The van der Waals surface area contributed by atoms with Gasteiger partial charge < -0.3 is 9.84 Å². The highest BCUT2D eigenvalue weighted by Crippen LogP contribution is 2.40. The van der Waals surface area contributed by atoms with E-state index in [9.17, 15) is 4.79 Å². The number of aromatic nitrogens is 3. The van der Waals surface area contributed by atoms with Gasteiger partial charge in [-0.1, -0.05) is 23.4 Å². The van der Waals surface area contributed by atoms with E-state index in [-0.39, 0.29) is 5.91 Å². The van der Waals surface area contributed by atoms with Gasteiger partial charge in [-0.2, -0.15) is 0 Å². The zero-order chi connectivity index (χ0) is 16.8. The van der Waals surface area contributed by atoms with Crippen LogP contribution in [0.1, 0.15) is 35.0 Å². The van der Waals surface area contributed by atoms with Crippen molar-refractivity contribution in [2.45, 2.75) is 18.8 Å². The number of hydrogen-bond donors (Lipinski definition) is 1. The predicted octanol–water partition coefficient (Wildman–Crippen LogP) is 4.18. The molecule has 6 nitrogen and oxygen atoms in total. The number of benzene rings is 1. The van der Waals surface area contributed by atoms with Gasteiger partial charge in [0.25, 0.3) is 5.91 Å². The van der Waals surface area contributed by atoms with Crippen LogP contribution in [0.15, 0.2) is 52.6 Å². The first-order valence-electron chi connectivity index (χ1n) is 8.07. The zero-order valence-electron chi connectivity index (χ0n) is 13.2. The fraction of sp³-hybridized carbons (Fsp3) is 0.167. The maximum absolute atomic E-state index is 12.5. The third-order valence-electron chi connectivity index (χ3n) is 4.29. The summed E-state index contributed by atoms with van der Waals surface area (Å²) < 4.78 is 7.24. The number of anilines is 1. The highest BCUT2D eigenvalue weighted by atomic mass is 32.1. The molecule has 1 amide bonds. The van der Waals surface area contributed by atoms with Crippen LogP contribution in [-0.2, 0) is 0 Å². The van der Waals surface area contributed by atoms with Crippen LogP contribution in [0.5, 0.6) is 0 Å². The number of para-hydroxylation sites is 1. The maximum atomic E-state index is 12.5. The first kappa shape index (κ1) is 14.4. The van der Waals surface area contributed by atoms with Crippen LogP contribution in [0, 0.1) is 0 Å². The van der Waals surface area contributed by atoms with Crippen LogP contribution in [0.3, 0.4) is 0 Å². The highest BCUT2D eigenvalue weighted by molar-refractivity contribution is 7.15. The van der Waals surface area contributed by atoms with E-state index in [0.29, 0.717) is 17.3 Å². The van der Waals surface area contributed by atoms with E-state index in [1.807, 2.05) is 46.4 Å². The zero-order valence-corrected chi connectivity index (χ0v) is 14.0. The summed E-state index contributed by atoms with van der Waals surface area (Å²) in [7, 11) is 0. The van der Waals surface area contributed by atoms with Gasteiger partial charge in [-0.15, -0.1) is 11.3 Å². The lowest BCUT2D eigenvalue weighted by Crippen LogP contribution is -2.12. The topological polar surface area (TPSA) is 72.4 Å². The molecule has 5 rings (SSSR count). The van der Waals surface area contributed by atoms with E-state index in [2.05, 4.69) is 15.5 Å². The van der Waals surface area contributed by atoms with Gasteiger partial charge in [-0.25, -0.2) is 4.98 Å². The van der Waals surface area contributed by atoms with Gasteiger partial charge >= 0.3 is 0 Å². The number of amides is 1. The van der Waals surface area contributed by atoms with Gasteiger partial charge in [0, 0.05) is 35.3 Å². The van der Waals surface area contributed by atoms with Crippen molar-refractivity contribution in [3.8, 4) is 11.3 Å². The molecule has 4 aromatic rings. The third-order valence-corrected chi connectivity index (χ3v) is 5.06. The Morgan fingerprint density at radius 2 is 2.20 bits per heavy atom. The molecule has 25 heavy (non-hydrogen) atoms. The lowest BCUT2D eigenvalue weighted by Gasteiger charge is -2.07. The molecule has 3 aromatic heterocycles. The monoisotopic (exact) mass is 350 g/mol. The number of thiazole rings is 1. The van der Waals surface area contributed by atoms with Crippen LogP contribution >= 0.6 is 11.3 Å². The summed E-state index contributed by atoms with van der Waals surface area (Å²) in [5.74, 6) is 0.955. The predicted molar refractivity (Wildman–Crippen MR) is 94.9 cm³/mol. The van der Waals surface area contributed by atoms with Gasteiger partial charge in [0.15, 0.2) is 10.7 Å². The minimum atomic E-state index is -0.274. The number of carbonyl (C=O) groups excluding carboxylic acids is 1. The molecular formula is C18H14N4O2S. The summed E-state index contributed by atoms with van der Waals surface area (Å²) in [6.45, 7) is 0. The number of carbonyl (C=O) groups is 1. The third kappa shape index (κ3) is 2.62. The van der Waals surface area contributed by atoms with Crippen molar-refractivity contribution in [3.63, 3.8) is 0 Å². The van der Waals surface area contributed by atoms with Gasteiger partial charge in [0.2, 0.25) is 0 Å². The molecule has 7 heteroatoms. The second-order valence-corrected chi connectivity index (χ2v) is 6.98. The van der Waals surface area contributed by atoms with Crippen LogP contribution in [-0.4, -0.2) is 20.4 Å². The molecule has 0 saturated heterocycles. The fourth-order valence-corrected chi connectivity index (χ4v) is 3.52. The standard InChI is InChI=1S/C18H14N4O2S/c23-17(14-9-16(24-21-14)11-5-6-11)19-13-4-2-1-3-12(13)15-10-22-7-8-25-18(22)20-15/h1-4,7-11H,5-6H2,(H,19,23). The molecule has 1 aliphatic rings. The van der Waals surface area contributed by atoms with E-state index in [1.54, 1.807) is 17.4 Å². The molecule has 3 heterocycles. The Morgan fingerprint density at radius 1 is 1.32 bits per heavy atom. The fourth-order valence-electron chi connectivity index (χ4n) is 2.82. The normalized spacial score (nSPS) is 14.1. The number of rotatable bonds is 4. The van der Waals surface area contributed by atoms with Crippen molar-refractivity contribution in [2.75, 3.05) is 5.32 Å². The van der Waals surface area contributed by atoms with E-state index in [0.717, 1.165) is 34.8 Å². The quantitative estimate of drug-likeness (QED) is 0.599. The molecule has 0 spiro atoms. The van der Waals surface area contributed by atoms with Gasteiger partial charge in [0.05, 0.1) is 11.4 Å². The first-order valence-corrected chi connectivity index (χ1v) is 8.95. The van der Waals surface area contributed by atoms with Crippen molar-refractivity contribution in [1.82, 2.24) is 14.5 Å². The lowest BCUT2D eigenvalue weighted by molar-refractivity contribution is 0.101. The van der Waals surface area contributed by atoms with Crippen LogP contribution < -0.4 is 5.32 Å². The molecule has 1 aromatic carbocycles. The Labute approximate surface area is 147 Å². The molecule has 1 N–H and O–H groups in total. The molecule has 0 aliphatic heterocycles. The number of hydrogen-bond acceptors (Lipinski definition) is 5. The lowest BCUT2D eigenvalue weighted by atomic mass is 10.1. The molecule has 124 valence electrons.